The Kier molecular flexibility index (Phi) is 6.01. The molecule has 0 bridgehead atoms. The Morgan fingerprint density at radius 2 is 1.75 bits per heavy atom. The van der Waals surface area contributed by atoms with Crippen molar-refractivity contribution in [3.63, 3.8) is 0 Å². The van der Waals surface area contributed by atoms with Crippen LogP contribution in [0, 0.1) is 6.92 Å². The van der Waals surface area contributed by atoms with Crippen LogP contribution in [0.3, 0.4) is 0 Å². The van der Waals surface area contributed by atoms with Crippen molar-refractivity contribution in [2.75, 3.05) is 0 Å². The third-order valence-corrected chi connectivity index (χ3v) is 3.25. The molecule has 0 N–H and O–H groups in total. The molecule has 0 spiro atoms. The maximum Gasteiger partial charge on any atom is 0.117 e. The summed E-state index contributed by atoms with van der Waals surface area (Å²) in [5.41, 5.74) is 4.26. The summed E-state index contributed by atoms with van der Waals surface area (Å²) in [5.74, 6) is 0.477. The van der Waals surface area contributed by atoms with E-state index in [1.54, 1.807) is 27.9 Å². The molecular formula is C18H24N6. The summed E-state index contributed by atoms with van der Waals surface area (Å²) in [6.07, 6.45) is 5.22. The van der Waals surface area contributed by atoms with Crippen LogP contribution in [0.1, 0.15) is 45.0 Å². The van der Waals surface area contributed by atoms with Gasteiger partial charge < -0.3 is 0 Å². The molecule has 0 radical (unpaired) electrons. The first-order valence-electron chi connectivity index (χ1n) is 8.20. The SMILES string of the molecule is CC.CC(C)c1cc2ccncn2n1.Cc1cc2cccnn2n1. The van der Waals surface area contributed by atoms with Gasteiger partial charge in [-0.05, 0) is 43.2 Å². The highest BCUT2D eigenvalue weighted by Gasteiger charge is 2.03. The van der Waals surface area contributed by atoms with E-state index in [1.165, 1.54) is 0 Å². The van der Waals surface area contributed by atoms with Crippen LogP contribution < -0.4 is 0 Å². The van der Waals surface area contributed by atoms with Gasteiger partial charge in [0.15, 0.2) is 0 Å². The van der Waals surface area contributed by atoms with Crippen LogP contribution in [0.2, 0.25) is 0 Å². The fourth-order valence-electron chi connectivity index (χ4n) is 2.11. The second-order valence-electron chi connectivity index (χ2n) is 5.40. The van der Waals surface area contributed by atoms with Gasteiger partial charge in [0.25, 0.3) is 0 Å². The molecule has 0 unspecified atom stereocenters. The Bertz CT molecular complexity index is 824. The van der Waals surface area contributed by atoms with Crippen LogP contribution in [0.4, 0.5) is 0 Å². The Hall–Kier alpha value is -2.76. The second kappa shape index (κ2) is 8.19. The highest BCUT2D eigenvalue weighted by Crippen LogP contribution is 2.13. The van der Waals surface area contributed by atoms with Crippen LogP contribution in [-0.4, -0.2) is 29.4 Å². The van der Waals surface area contributed by atoms with Crippen LogP contribution in [0.25, 0.3) is 11.0 Å². The quantitative estimate of drug-likeness (QED) is 0.532. The number of hydrogen-bond donors (Lipinski definition) is 0. The lowest BCUT2D eigenvalue weighted by molar-refractivity contribution is 0.782. The lowest BCUT2D eigenvalue weighted by atomic mass is 10.1. The van der Waals surface area contributed by atoms with Crippen molar-refractivity contribution in [3.05, 3.63) is 60.4 Å². The van der Waals surface area contributed by atoms with Gasteiger partial charge in [0, 0.05) is 12.4 Å². The van der Waals surface area contributed by atoms with Gasteiger partial charge in [-0.2, -0.15) is 19.9 Å². The summed E-state index contributed by atoms with van der Waals surface area (Å²) in [5, 5.41) is 12.5. The Morgan fingerprint density at radius 3 is 2.42 bits per heavy atom. The minimum atomic E-state index is 0.477. The molecule has 4 aromatic heterocycles. The first kappa shape index (κ1) is 17.6. The molecule has 0 atom stereocenters. The molecule has 0 aliphatic rings. The summed E-state index contributed by atoms with van der Waals surface area (Å²) < 4.78 is 3.42. The van der Waals surface area contributed by atoms with Crippen molar-refractivity contribution < 1.29 is 0 Å². The smallest absolute Gasteiger partial charge is 0.117 e. The Morgan fingerprint density at radius 1 is 0.958 bits per heavy atom. The van der Waals surface area contributed by atoms with E-state index < -0.39 is 0 Å². The van der Waals surface area contributed by atoms with Crippen molar-refractivity contribution in [2.45, 2.75) is 40.5 Å². The molecule has 4 heterocycles. The number of nitrogens with zero attached hydrogens (tertiary/aromatic N) is 6. The molecule has 0 fully saturated rings. The fraction of sp³-hybridized carbons (Fsp3) is 0.333. The third kappa shape index (κ3) is 4.16. The molecule has 126 valence electrons. The number of hydrogen-bond acceptors (Lipinski definition) is 4. The van der Waals surface area contributed by atoms with Crippen molar-refractivity contribution in [2.24, 2.45) is 0 Å². The molecule has 0 saturated carbocycles. The van der Waals surface area contributed by atoms with Gasteiger partial charge in [-0.25, -0.2) is 9.50 Å². The number of aromatic nitrogens is 6. The van der Waals surface area contributed by atoms with Gasteiger partial charge >= 0.3 is 0 Å². The zero-order chi connectivity index (χ0) is 17.5. The van der Waals surface area contributed by atoms with E-state index in [1.807, 2.05) is 45.0 Å². The average molecular weight is 324 g/mol. The molecule has 0 aliphatic carbocycles. The van der Waals surface area contributed by atoms with Gasteiger partial charge in [-0.3, -0.25) is 0 Å². The standard InChI is InChI=1S/C9H11N3.C7H7N3.C2H6/c1-7(2)9-5-8-3-4-10-6-12(8)11-9;1-6-5-7-3-2-4-8-10(7)9-6;1-2/h3-7H,1-2H3;2-5H,1H3;1-2H3. The molecule has 6 heteroatoms. The minimum absolute atomic E-state index is 0.477. The van der Waals surface area contributed by atoms with E-state index in [9.17, 15) is 0 Å². The van der Waals surface area contributed by atoms with Crippen LogP contribution in [0.5, 0.6) is 0 Å². The minimum Gasteiger partial charge on any atom is -0.245 e. The van der Waals surface area contributed by atoms with Crippen LogP contribution in [0.15, 0.2) is 49.1 Å². The zero-order valence-corrected chi connectivity index (χ0v) is 14.9. The molecule has 0 saturated heterocycles. The third-order valence-electron chi connectivity index (χ3n) is 3.25. The first-order chi connectivity index (χ1) is 11.6. The summed E-state index contributed by atoms with van der Waals surface area (Å²) >= 11 is 0. The van der Waals surface area contributed by atoms with Crippen molar-refractivity contribution in [1.29, 1.82) is 0 Å². The molecule has 4 aromatic rings. The summed E-state index contributed by atoms with van der Waals surface area (Å²) in [4.78, 5) is 3.99. The van der Waals surface area contributed by atoms with Crippen LogP contribution in [-0.2, 0) is 0 Å². The van der Waals surface area contributed by atoms with Crippen LogP contribution >= 0.6 is 0 Å². The summed E-state index contributed by atoms with van der Waals surface area (Å²) in [6.45, 7) is 10.2. The highest BCUT2D eigenvalue weighted by molar-refractivity contribution is 5.46. The van der Waals surface area contributed by atoms with Gasteiger partial charge in [-0.15, -0.1) is 0 Å². The summed E-state index contributed by atoms with van der Waals surface area (Å²) in [6, 6.07) is 9.92. The maximum atomic E-state index is 4.37. The Labute approximate surface area is 142 Å². The number of aryl methyl sites for hydroxylation is 1. The molecule has 24 heavy (non-hydrogen) atoms. The van der Waals surface area contributed by atoms with E-state index in [4.69, 9.17) is 0 Å². The van der Waals surface area contributed by atoms with E-state index in [-0.39, 0.29) is 0 Å². The largest absolute Gasteiger partial charge is 0.245 e. The normalized spacial score (nSPS) is 10.2. The summed E-state index contributed by atoms with van der Waals surface area (Å²) in [7, 11) is 0. The molecule has 0 aromatic carbocycles. The number of fused-ring (bicyclic) bond motifs is 2. The van der Waals surface area contributed by atoms with Crippen molar-refractivity contribution >= 4 is 11.0 Å². The molecule has 4 rings (SSSR count). The topological polar surface area (TPSA) is 60.4 Å². The van der Waals surface area contributed by atoms with E-state index in [0.29, 0.717) is 5.92 Å². The second-order valence-corrected chi connectivity index (χ2v) is 5.40. The zero-order valence-electron chi connectivity index (χ0n) is 14.9. The van der Waals surface area contributed by atoms with Crippen molar-refractivity contribution in [1.82, 2.24) is 29.4 Å². The molecule has 0 aliphatic heterocycles. The van der Waals surface area contributed by atoms with Crippen molar-refractivity contribution in [3.8, 4) is 0 Å². The fourth-order valence-corrected chi connectivity index (χ4v) is 2.11. The van der Waals surface area contributed by atoms with E-state index >= 15 is 0 Å². The predicted molar refractivity (Wildman–Crippen MR) is 96.1 cm³/mol. The van der Waals surface area contributed by atoms with Gasteiger partial charge in [-0.1, -0.05) is 27.7 Å². The maximum absolute atomic E-state index is 4.37. The van der Waals surface area contributed by atoms with Gasteiger partial charge in [0.2, 0.25) is 0 Å². The Balaban J connectivity index is 0.000000160. The lowest BCUT2D eigenvalue weighted by Gasteiger charge is -1.94. The predicted octanol–water partition coefficient (Wildman–Crippen LogP) is 3.92. The van der Waals surface area contributed by atoms with E-state index in [0.717, 1.165) is 22.4 Å². The van der Waals surface area contributed by atoms with Gasteiger partial charge in [0.05, 0.1) is 22.4 Å². The average Bonchev–Trinajstić information content (AvgIpc) is 3.19. The molecule has 0 amide bonds. The highest BCUT2D eigenvalue weighted by atomic mass is 15.4. The van der Waals surface area contributed by atoms with Gasteiger partial charge in [0.1, 0.15) is 6.33 Å². The molecular weight excluding hydrogens is 300 g/mol. The monoisotopic (exact) mass is 324 g/mol. The first-order valence-corrected chi connectivity index (χ1v) is 8.20. The van der Waals surface area contributed by atoms with E-state index in [2.05, 4.69) is 40.2 Å². The molecule has 6 nitrogen and oxygen atoms in total. The lowest BCUT2D eigenvalue weighted by Crippen LogP contribution is -1.90. The number of rotatable bonds is 1.